The average Bonchev–Trinajstić information content (AvgIpc) is 2.37. The molecule has 0 radical (unpaired) electrons. The number of aliphatic hydroxyl groups is 1. The Kier molecular flexibility index (Phi) is 3.90. The highest BCUT2D eigenvalue weighted by Gasteiger charge is 2.29. The van der Waals surface area contributed by atoms with Crippen molar-refractivity contribution in [1.82, 2.24) is 4.90 Å². The SMILES string of the molecule is CN(CC1CC(O)C1)CC1CCCc2ccccc21. The first-order chi connectivity index (χ1) is 9.22. The predicted molar refractivity (Wildman–Crippen MR) is 78.3 cm³/mol. The van der Waals surface area contributed by atoms with E-state index >= 15 is 0 Å². The molecule has 1 unspecified atom stereocenters. The van der Waals surface area contributed by atoms with Crippen molar-refractivity contribution in [3.8, 4) is 0 Å². The van der Waals surface area contributed by atoms with Crippen molar-refractivity contribution in [3.63, 3.8) is 0 Å². The molecule has 0 aromatic heterocycles. The summed E-state index contributed by atoms with van der Waals surface area (Å²) in [5, 5.41) is 9.36. The third kappa shape index (κ3) is 3.01. The van der Waals surface area contributed by atoms with Crippen molar-refractivity contribution < 1.29 is 5.11 Å². The van der Waals surface area contributed by atoms with Crippen LogP contribution in [0.1, 0.15) is 42.7 Å². The largest absolute Gasteiger partial charge is 0.393 e. The molecule has 1 atom stereocenters. The van der Waals surface area contributed by atoms with Gasteiger partial charge in [0.25, 0.3) is 0 Å². The van der Waals surface area contributed by atoms with Gasteiger partial charge in [-0.3, -0.25) is 0 Å². The molecule has 0 saturated heterocycles. The molecule has 1 saturated carbocycles. The highest BCUT2D eigenvalue weighted by molar-refractivity contribution is 5.32. The van der Waals surface area contributed by atoms with E-state index in [-0.39, 0.29) is 6.10 Å². The molecule has 2 aliphatic rings. The molecule has 1 N–H and O–H groups in total. The van der Waals surface area contributed by atoms with Crippen molar-refractivity contribution in [1.29, 1.82) is 0 Å². The van der Waals surface area contributed by atoms with E-state index in [1.54, 1.807) is 11.1 Å². The van der Waals surface area contributed by atoms with Crippen molar-refractivity contribution in [3.05, 3.63) is 35.4 Å². The summed E-state index contributed by atoms with van der Waals surface area (Å²) in [6, 6.07) is 8.96. The van der Waals surface area contributed by atoms with Crippen LogP contribution in [0, 0.1) is 5.92 Å². The van der Waals surface area contributed by atoms with E-state index in [9.17, 15) is 5.11 Å². The predicted octanol–water partition coefficient (Wildman–Crippen LogP) is 2.81. The zero-order valence-corrected chi connectivity index (χ0v) is 11.9. The summed E-state index contributed by atoms with van der Waals surface area (Å²) < 4.78 is 0. The first kappa shape index (κ1) is 13.1. The highest BCUT2D eigenvalue weighted by atomic mass is 16.3. The number of aliphatic hydroxyl groups excluding tert-OH is 1. The molecule has 0 amide bonds. The van der Waals surface area contributed by atoms with Gasteiger partial charge in [-0.1, -0.05) is 24.3 Å². The summed E-state index contributed by atoms with van der Waals surface area (Å²) in [5.74, 6) is 1.43. The maximum Gasteiger partial charge on any atom is 0.0546 e. The molecule has 1 fully saturated rings. The topological polar surface area (TPSA) is 23.5 Å². The summed E-state index contributed by atoms with van der Waals surface area (Å²) in [7, 11) is 2.24. The minimum Gasteiger partial charge on any atom is -0.393 e. The van der Waals surface area contributed by atoms with Gasteiger partial charge in [-0.25, -0.2) is 0 Å². The van der Waals surface area contributed by atoms with Gasteiger partial charge in [0.05, 0.1) is 6.10 Å². The summed E-state index contributed by atoms with van der Waals surface area (Å²) in [5.41, 5.74) is 3.14. The Morgan fingerprint density at radius 1 is 1.21 bits per heavy atom. The normalized spacial score (nSPS) is 29.9. The lowest BCUT2D eigenvalue weighted by molar-refractivity contribution is 0.0274. The summed E-state index contributed by atoms with van der Waals surface area (Å²) in [6.45, 7) is 2.32. The number of rotatable bonds is 4. The maximum atomic E-state index is 9.36. The molecule has 19 heavy (non-hydrogen) atoms. The lowest BCUT2D eigenvalue weighted by Gasteiger charge is -2.36. The quantitative estimate of drug-likeness (QED) is 0.899. The van der Waals surface area contributed by atoms with Gasteiger partial charge < -0.3 is 10.0 Å². The first-order valence-electron chi connectivity index (χ1n) is 7.67. The second-order valence-electron chi connectivity index (χ2n) is 6.50. The Morgan fingerprint density at radius 2 is 2.00 bits per heavy atom. The van der Waals surface area contributed by atoms with Gasteiger partial charge in [-0.05, 0) is 62.1 Å². The number of fused-ring (bicyclic) bond motifs is 1. The van der Waals surface area contributed by atoms with E-state index in [0.29, 0.717) is 5.92 Å². The number of hydrogen-bond acceptors (Lipinski definition) is 2. The number of nitrogens with zero attached hydrogens (tertiary/aromatic N) is 1. The van der Waals surface area contributed by atoms with E-state index in [1.807, 2.05) is 0 Å². The van der Waals surface area contributed by atoms with Crippen LogP contribution in [0.5, 0.6) is 0 Å². The van der Waals surface area contributed by atoms with Crippen LogP contribution in [0.15, 0.2) is 24.3 Å². The van der Waals surface area contributed by atoms with E-state index in [4.69, 9.17) is 0 Å². The van der Waals surface area contributed by atoms with E-state index < -0.39 is 0 Å². The monoisotopic (exact) mass is 259 g/mol. The van der Waals surface area contributed by atoms with Crippen LogP contribution in [-0.2, 0) is 6.42 Å². The minimum atomic E-state index is -0.0196. The van der Waals surface area contributed by atoms with Crippen LogP contribution in [0.25, 0.3) is 0 Å². The van der Waals surface area contributed by atoms with Crippen LogP contribution >= 0.6 is 0 Å². The van der Waals surface area contributed by atoms with Gasteiger partial charge in [-0.15, -0.1) is 0 Å². The third-order valence-electron chi connectivity index (χ3n) is 4.81. The van der Waals surface area contributed by atoms with Crippen LogP contribution in [0.3, 0.4) is 0 Å². The standard InChI is InChI=1S/C17H25NO/c1-18(11-13-9-16(19)10-13)12-15-7-4-6-14-5-2-3-8-17(14)15/h2-3,5,8,13,15-16,19H,4,6-7,9-12H2,1H3. The molecular formula is C17H25NO. The summed E-state index contributed by atoms with van der Waals surface area (Å²) in [4.78, 5) is 2.48. The number of hydrogen-bond donors (Lipinski definition) is 1. The fourth-order valence-electron chi connectivity index (χ4n) is 3.79. The van der Waals surface area contributed by atoms with Crippen LogP contribution in [0.4, 0.5) is 0 Å². The Labute approximate surface area is 116 Å². The molecule has 0 spiro atoms. The fourth-order valence-corrected chi connectivity index (χ4v) is 3.79. The minimum absolute atomic E-state index is 0.0196. The lowest BCUT2D eigenvalue weighted by Crippen LogP contribution is -2.38. The molecular weight excluding hydrogens is 234 g/mol. The van der Waals surface area contributed by atoms with Crippen molar-refractivity contribution >= 4 is 0 Å². The molecule has 1 aromatic rings. The Morgan fingerprint density at radius 3 is 2.79 bits per heavy atom. The van der Waals surface area contributed by atoms with Gasteiger partial charge in [0.1, 0.15) is 0 Å². The maximum absolute atomic E-state index is 9.36. The zero-order chi connectivity index (χ0) is 13.2. The van der Waals surface area contributed by atoms with Crippen molar-refractivity contribution in [2.45, 2.75) is 44.1 Å². The third-order valence-corrected chi connectivity index (χ3v) is 4.81. The molecule has 0 heterocycles. The summed E-state index contributed by atoms with van der Waals surface area (Å²) >= 11 is 0. The molecule has 0 bridgehead atoms. The second-order valence-corrected chi connectivity index (χ2v) is 6.50. The van der Waals surface area contributed by atoms with Gasteiger partial charge in [-0.2, -0.15) is 0 Å². The molecule has 2 aliphatic carbocycles. The first-order valence-corrected chi connectivity index (χ1v) is 7.67. The van der Waals surface area contributed by atoms with E-state index in [0.717, 1.165) is 25.3 Å². The van der Waals surface area contributed by atoms with Crippen LogP contribution in [0.2, 0.25) is 0 Å². The molecule has 1 aromatic carbocycles. The smallest absolute Gasteiger partial charge is 0.0546 e. The number of likely N-dealkylation sites (N-methyl/N-ethyl adjacent to an activating group) is 1. The molecule has 0 aliphatic heterocycles. The van der Waals surface area contributed by atoms with E-state index in [2.05, 4.69) is 36.2 Å². The van der Waals surface area contributed by atoms with Gasteiger partial charge in [0, 0.05) is 13.1 Å². The number of benzene rings is 1. The molecule has 2 heteroatoms. The van der Waals surface area contributed by atoms with E-state index in [1.165, 1.54) is 25.8 Å². The Balaban J connectivity index is 1.58. The van der Waals surface area contributed by atoms with Gasteiger partial charge in [0.2, 0.25) is 0 Å². The fraction of sp³-hybridized carbons (Fsp3) is 0.647. The Hall–Kier alpha value is -0.860. The lowest BCUT2D eigenvalue weighted by atomic mass is 9.80. The average molecular weight is 259 g/mol. The molecule has 104 valence electrons. The Bertz CT molecular complexity index is 425. The molecule has 2 nitrogen and oxygen atoms in total. The van der Waals surface area contributed by atoms with Crippen molar-refractivity contribution in [2.75, 3.05) is 20.1 Å². The van der Waals surface area contributed by atoms with Gasteiger partial charge in [0.15, 0.2) is 0 Å². The van der Waals surface area contributed by atoms with Crippen molar-refractivity contribution in [2.24, 2.45) is 5.92 Å². The van der Waals surface area contributed by atoms with Gasteiger partial charge >= 0.3 is 0 Å². The second kappa shape index (κ2) is 5.64. The molecule has 3 rings (SSSR count). The summed E-state index contributed by atoms with van der Waals surface area (Å²) in [6.07, 6.45) is 5.91. The number of aryl methyl sites for hydroxylation is 1. The highest BCUT2D eigenvalue weighted by Crippen LogP contribution is 2.33. The zero-order valence-electron chi connectivity index (χ0n) is 11.9. The van der Waals surface area contributed by atoms with Crippen LogP contribution in [-0.4, -0.2) is 36.2 Å². The van der Waals surface area contributed by atoms with Crippen LogP contribution < -0.4 is 0 Å².